The molecular formula is C37H38O8. The molecule has 45 heavy (non-hydrogen) atoms. The molecule has 3 aromatic carbocycles. The Balaban J connectivity index is 1.55. The van der Waals surface area contributed by atoms with Crippen LogP contribution < -0.4 is 14.2 Å². The van der Waals surface area contributed by atoms with Crippen molar-refractivity contribution in [3.05, 3.63) is 120 Å². The molecule has 0 atom stereocenters. The van der Waals surface area contributed by atoms with Crippen molar-refractivity contribution < 1.29 is 38.1 Å². The summed E-state index contributed by atoms with van der Waals surface area (Å²) in [6, 6.07) is 20.7. The van der Waals surface area contributed by atoms with Gasteiger partial charge >= 0.3 is 17.9 Å². The van der Waals surface area contributed by atoms with Crippen LogP contribution in [0.25, 0.3) is 17.2 Å². The Morgan fingerprint density at radius 1 is 0.711 bits per heavy atom. The van der Waals surface area contributed by atoms with Gasteiger partial charge in [0.15, 0.2) is 6.10 Å². The lowest BCUT2D eigenvalue weighted by Crippen LogP contribution is -2.31. The van der Waals surface area contributed by atoms with Gasteiger partial charge < -0.3 is 23.7 Å². The second-order valence-corrected chi connectivity index (χ2v) is 10.5. The van der Waals surface area contributed by atoms with Crippen LogP contribution in [0.4, 0.5) is 0 Å². The van der Waals surface area contributed by atoms with E-state index in [2.05, 4.69) is 19.7 Å². The predicted molar refractivity (Wildman–Crippen MR) is 174 cm³/mol. The summed E-state index contributed by atoms with van der Waals surface area (Å²) in [7, 11) is 0. The molecule has 234 valence electrons. The topological polar surface area (TPSA) is 97.4 Å². The van der Waals surface area contributed by atoms with Gasteiger partial charge in [-0.05, 0) is 86.4 Å². The summed E-state index contributed by atoms with van der Waals surface area (Å²) in [4.78, 5) is 35.4. The zero-order valence-electron chi connectivity index (χ0n) is 26.1. The molecule has 8 nitrogen and oxygen atoms in total. The first-order chi connectivity index (χ1) is 21.4. The van der Waals surface area contributed by atoms with E-state index in [1.807, 2.05) is 55.5 Å². The number of hydrogen-bond acceptors (Lipinski definition) is 8. The van der Waals surface area contributed by atoms with E-state index in [1.54, 1.807) is 51.1 Å². The van der Waals surface area contributed by atoms with E-state index in [-0.39, 0.29) is 24.4 Å². The van der Waals surface area contributed by atoms with Crippen molar-refractivity contribution in [2.24, 2.45) is 0 Å². The number of esters is 3. The number of carbonyl (C=O) groups excluding carboxylic acids is 3. The van der Waals surface area contributed by atoms with E-state index >= 15 is 0 Å². The fraction of sp³-hybridized carbons (Fsp3) is 0.216. The number of carbonyl (C=O) groups is 3. The summed E-state index contributed by atoms with van der Waals surface area (Å²) in [6.45, 7) is 17.4. The third-order valence-electron chi connectivity index (χ3n) is 6.25. The van der Waals surface area contributed by atoms with Crippen molar-refractivity contribution in [1.82, 2.24) is 0 Å². The molecule has 0 bridgehead atoms. The summed E-state index contributed by atoms with van der Waals surface area (Å²) in [6.07, 6.45) is 3.18. The quantitative estimate of drug-likeness (QED) is 0.101. The molecule has 0 spiro atoms. The maximum atomic E-state index is 11.8. The average molecular weight is 611 g/mol. The van der Waals surface area contributed by atoms with Crippen LogP contribution in [0.15, 0.2) is 109 Å². The van der Waals surface area contributed by atoms with Crippen LogP contribution in [0.1, 0.15) is 31.9 Å². The van der Waals surface area contributed by atoms with Crippen molar-refractivity contribution in [3.8, 4) is 28.4 Å². The minimum Gasteiger partial charge on any atom is -0.489 e. The first kappa shape index (κ1) is 34.1. The number of hydrogen-bond donors (Lipinski definition) is 0. The predicted octanol–water partition coefficient (Wildman–Crippen LogP) is 7.22. The SMILES string of the molecule is C=C(C)C(=O)OCC(COC(=O)C(=C)C)Oc1ccc(-c2ccc(/C=C/COc3ccc(OC(=O)C(=C)C)cc3C)cc2)cc1. The molecule has 3 rings (SSSR count). The first-order valence-corrected chi connectivity index (χ1v) is 14.2. The van der Waals surface area contributed by atoms with Gasteiger partial charge in [0.05, 0.1) is 0 Å². The zero-order chi connectivity index (χ0) is 32.9. The van der Waals surface area contributed by atoms with Gasteiger partial charge in [-0.25, -0.2) is 14.4 Å². The van der Waals surface area contributed by atoms with Crippen LogP contribution in [0.5, 0.6) is 17.2 Å². The lowest BCUT2D eigenvalue weighted by Gasteiger charge is -2.19. The van der Waals surface area contributed by atoms with Crippen LogP contribution in [0.2, 0.25) is 0 Å². The number of rotatable bonds is 15. The van der Waals surface area contributed by atoms with Gasteiger partial charge in [0.1, 0.15) is 37.1 Å². The second kappa shape index (κ2) is 16.5. The molecule has 0 heterocycles. The summed E-state index contributed by atoms with van der Waals surface area (Å²) in [5.74, 6) is 0.0939. The van der Waals surface area contributed by atoms with Crippen molar-refractivity contribution in [3.63, 3.8) is 0 Å². The van der Waals surface area contributed by atoms with Crippen LogP contribution in [0, 0.1) is 6.92 Å². The van der Waals surface area contributed by atoms with Gasteiger partial charge in [0, 0.05) is 16.7 Å². The highest BCUT2D eigenvalue weighted by molar-refractivity contribution is 5.89. The standard InChI is InChI=1S/C37H38O8/c1-24(2)35(38)42-22-33(23-43-36(39)25(3)4)44-31-16-14-30(15-17-31)29-12-10-28(11-13-29)9-8-20-41-34-19-18-32(21-27(34)7)45-37(40)26(5)6/h8-19,21,33H,1,3,5,20,22-23H2,2,4,6-7H3/b9-8+. The molecule has 0 saturated carbocycles. The minimum absolute atomic E-state index is 0.115. The Morgan fingerprint density at radius 2 is 1.22 bits per heavy atom. The average Bonchev–Trinajstić information content (AvgIpc) is 3.01. The molecule has 3 aromatic rings. The molecule has 0 aromatic heterocycles. The van der Waals surface area contributed by atoms with Crippen LogP contribution in [0.3, 0.4) is 0 Å². The molecule has 0 N–H and O–H groups in total. The minimum atomic E-state index is -0.716. The monoisotopic (exact) mass is 610 g/mol. The third kappa shape index (κ3) is 11.0. The van der Waals surface area contributed by atoms with E-state index in [0.29, 0.717) is 29.4 Å². The molecule has 0 fully saturated rings. The van der Waals surface area contributed by atoms with E-state index < -0.39 is 24.0 Å². The Morgan fingerprint density at radius 3 is 1.73 bits per heavy atom. The van der Waals surface area contributed by atoms with Crippen LogP contribution in [-0.2, 0) is 23.9 Å². The highest BCUT2D eigenvalue weighted by Gasteiger charge is 2.18. The number of ether oxygens (including phenoxy) is 5. The van der Waals surface area contributed by atoms with E-state index in [4.69, 9.17) is 23.7 Å². The van der Waals surface area contributed by atoms with Gasteiger partial charge in [0.25, 0.3) is 0 Å². The van der Waals surface area contributed by atoms with Gasteiger partial charge in [-0.2, -0.15) is 0 Å². The first-order valence-electron chi connectivity index (χ1n) is 14.2. The smallest absolute Gasteiger partial charge is 0.338 e. The van der Waals surface area contributed by atoms with Gasteiger partial charge in [-0.15, -0.1) is 0 Å². The summed E-state index contributed by atoms with van der Waals surface area (Å²) in [5, 5.41) is 0. The van der Waals surface area contributed by atoms with Crippen molar-refractivity contribution in [2.45, 2.75) is 33.8 Å². The molecule has 0 radical (unpaired) electrons. The Hall–Kier alpha value is -5.37. The Kier molecular flexibility index (Phi) is 12.5. The molecule has 0 saturated heterocycles. The molecule has 0 unspecified atom stereocenters. The zero-order valence-corrected chi connectivity index (χ0v) is 26.1. The summed E-state index contributed by atoms with van der Waals surface area (Å²) >= 11 is 0. The summed E-state index contributed by atoms with van der Waals surface area (Å²) < 4.78 is 27.5. The van der Waals surface area contributed by atoms with Crippen LogP contribution in [-0.4, -0.2) is 43.8 Å². The second-order valence-electron chi connectivity index (χ2n) is 10.5. The lowest BCUT2D eigenvalue weighted by atomic mass is 10.0. The van der Waals surface area contributed by atoms with E-state index in [1.165, 1.54) is 0 Å². The number of aryl methyl sites for hydroxylation is 1. The highest BCUT2D eigenvalue weighted by atomic mass is 16.6. The fourth-order valence-corrected chi connectivity index (χ4v) is 3.77. The molecule has 0 aliphatic carbocycles. The summed E-state index contributed by atoms with van der Waals surface area (Å²) in [5.41, 5.74) is 4.71. The molecule has 8 heteroatoms. The lowest BCUT2D eigenvalue weighted by molar-refractivity contribution is -0.146. The maximum absolute atomic E-state index is 11.8. The molecule has 0 amide bonds. The van der Waals surface area contributed by atoms with E-state index in [0.717, 1.165) is 22.3 Å². The van der Waals surface area contributed by atoms with Crippen LogP contribution >= 0.6 is 0 Å². The normalized spacial score (nSPS) is 10.7. The molecule has 0 aliphatic heterocycles. The third-order valence-corrected chi connectivity index (χ3v) is 6.25. The van der Waals surface area contributed by atoms with Crippen molar-refractivity contribution in [1.29, 1.82) is 0 Å². The maximum Gasteiger partial charge on any atom is 0.338 e. The Bertz CT molecular complexity index is 1550. The van der Waals surface area contributed by atoms with Crippen molar-refractivity contribution >= 4 is 24.0 Å². The van der Waals surface area contributed by atoms with Gasteiger partial charge in [-0.3, -0.25) is 0 Å². The van der Waals surface area contributed by atoms with E-state index in [9.17, 15) is 14.4 Å². The fourth-order valence-electron chi connectivity index (χ4n) is 3.77. The van der Waals surface area contributed by atoms with Crippen molar-refractivity contribution in [2.75, 3.05) is 19.8 Å². The largest absolute Gasteiger partial charge is 0.489 e. The van der Waals surface area contributed by atoms with Gasteiger partial charge in [0.2, 0.25) is 0 Å². The van der Waals surface area contributed by atoms with Gasteiger partial charge in [-0.1, -0.05) is 62.2 Å². The number of benzene rings is 3. The molecular weight excluding hydrogens is 572 g/mol. The molecule has 0 aliphatic rings. The Labute approximate surface area is 264 Å². The highest BCUT2D eigenvalue weighted by Crippen LogP contribution is 2.25.